The lowest BCUT2D eigenvalue weighted by Crippen LogP contribution is -2.19. The van der Waals surface area contributed by atoms with Crippen LogP contribution >= 0.6 is 11.5 Å². The summed E-state index contributed by atoms with van der Waals surface area (Å²) in [5, 5.41) is 9.25. The summed E-state index contributed by atoms with van der Waals surface area (Å²) >= 11 is 1.37. The maximum Gasteiger partial charge on any atom is 0.0893 e. The highest BCUT2D eigenvalue weighted by Crippen LogP contribution is 2.08. The molecule has 5 heteroatoms. The summed E-state index contributed by atoms with van der Waals surface area (Å²) in [6, 6.07) is 6.15. The van der Waals surface area contributed by atoms with Crippen molar-refractivity contribution in [3.8, 4) is 0 Å². The van der Waals surface area contributed by atoms with E-state index in [-0.39, 0.29) is 6.04 Å². The normalized spacial score (nSPS) is 12.6. The number of pyridine rings is 1. The Morgan fingerprint density at radius 1 is 1.47 bits per heavy atom. The molecule has 0 saturated heterocycles. The van der Waals surface area contributed by atoms with Crippen molar-refractivity contribution < 1.29 is 0 Å². The van der Waals surface area contributed by atoms with Gasteiger partial charge in [-0.3, -0.25) is 4.98 Å². The second-order valence-electron chi connectivity index (χ2n) is 3.25. The van der Waals surface area contributed by atoms with E-state index >= 15 is 0 Å². The summed E-state index contributed by atoms with van der Waals surface area (Å²) in [6.07, 6.45) is 1.80. The minimum atomic E-state index is 0.230. The minimum absolute atomic E-state index is 0.230. The van der Waals surface area contributed by atoms with Crippen LogP contribution in [0, 0.1) is 0 Å². The van der Waals surface area contributed by atoms with Crippen LogP contribution < -0.4 is 5.32 Å². The van der Waals surface area contributed by atoms with Gasteiger partial charge in [-0.25, -0.2) is 0 Å². The number of hydrogen-bond acceptors (Lipinski definition) is 5. The van der Waals surface area contributed by atoms with E-state index in [1.165, 1.54) is 11.5 Å². The molecule has 0 bridgehead atoms. The molecule has 1 atom stereocenters. The molecule has 0 aliphatic rings. The van der Waals surface area contributed by atoms with Gasteiger partial charge >= 0.3 is 0 Å². The SMILES string of the molecule is C[C@H](NCc1csnn1)c1ccccn1. The smallest absolute Gasteiger partial charge is 0.0893 e. The van der Waals surface area contributed by atoms with Crippen LogP contribution in [0.3, 0.4) is 0 Å². The molecule has 15 heavy (non-hydrogen) atoms. The van der Waals surface area contributed by atoms with Crippen LogP contribution in [0.2, 0.25) is 0 Å². The van der Waals surface area contributed by atoms with Gasteiger partial charge in [-0.15, -0.1) is 5.10 Å². The molecule has 78 valence electrons. The van der Waals surface area contributed by atoms with Gasteiger partial charge in [-0.1, -0.05) is 10.6 Å². The molecule has 0 unspecified atom stereocenters. The van der Waals surface area contributed by atoms with E-state index in [2.05, 4.69) is 26.8 Å². The van der Waals surface area contributed by atoms with Gasteiger partial charge in [-0.05, 0) is 30.6 Å². The zero-order chi connectivity index (χ0) is 10.5. The van der Waals surface area contributed by atoms with E-state index in [0.29, 0.717) is 0 Å². The predicted molar refractivity (Wildman–Crippen MR) is 59.4 cm³/mol. The van der Waals surface area contributed by atoms with Crippen molar-refractivity contribution >= 4 is 11.5 Å². The Balaban J connectivity index is 1.90. The molecule has 0 spiro atoms. The van der Waals surface area contributed by atoms with Crippen LogP contribution in [0.25, 0.3) is 0 Å². The van der Waals surface area contributed by atoms with Gasteiger partial charge in [0, 0.05) is 24.2 Å². The third-order valence-corrected chi connectivity index (χ3v) is 2.68. The van der Waals surface area contributed by atoms with E-state index in [9.17, 15) is 0 Å². The number of nitrogens with zero attached hydrogens (tertiary/aromatic N) is 3. The van der Waals surface area contributed by atoms with E-state index in [0.717, 1.165) is 17.9 Å². The monoisotopic (exact) mass is 220 g/mol. The number of nitrogens with one attached hydrogen (secondary N) is 1. The first-order valence-corrected chi connectivity index (χ1v) is 5.60. The molecule has 0 saturated carbocycles. The third kappa shape index (κ3) is 2.81. The van der Waals surface area contributed by atoms with Gasteiger partial charge in [0.2, 0.25) is 0 Å². The summed E-state index contributed by atoms with van der Waals surface area (Å²) in [7, 11) is 0. The maximum atomic E-state index is 4.28. The van der Waals surface area contributed by atoms with Crippen molar-refractivity contribution in [1.82, 2.24) is 19.9 Å². The summed E-state index contributed by atoms with van der Waals surface area (Å²) in [5.74, 6) is 0. The molecule has 1 N–H and O–H groups in total. The topological polar surface area (TPSA) is 50.7 Å². The molecule has 2 aromatic rings. The van der Waals surface area contributed by atoms with Crippen molar-refractivity contribution in [2.75, 3.05) is 0 Å². The second kappa shape index (κ2) is 4.95. The van der Waals surface area contributed by atoms with E-state index in [4.69, 9.17) is 0 Å². The number of hydrogen-bond donors (Lipinski definition) is 1. The van der Waals surface area contributed by atoms with Crippen molar-refractivity contribution in [3.63, 3.8) is 0 Å². The molecule has 2 heterocycles. The van der Waals surface area contributed by atoms with Crippen LogP contribution in [0.15, 0.2) is 29.8 Å². The Morgan fingerprint density at radius 3 is 3.07 bits per heavy atom. The highest BCUT2D eigenvalue weighted by atomic mass is 32.1. The van der Waals surface area contributed by atoms with Gasteiger partial charge in [0.25, 0.3) is 0 Å². The van der Waals surface area contributed by atoms with Crippen molar-refractivity contribution in [2.45, 2.75) is 19.5 Å². The number of rotatable bonds is 4. The van der Waals surface area contributed by atoms with Gasteiger partial charge in [-0.2, -0.15) is 0 Å². The van der Waals surface area contributed by atoms with E-state index in [1.807, 2.05) is 23.6 Å². The molecule has 0 aromatic carbocycles. The molecular weight excluding hydrogens is 208 g/mol. The van der Waals surface area contributed by atoms with Gasteiger partial charge < -0.3 is 5.32 Å². The Hall–Kier alpha value is -1.33. The van der Waals surface area contributed by atoms with Gasteiger partial charge in [0.1, 0.15) is 0 Å². The summed E-state index contributed by atoms with van der Waals surface area (Å²) in [5.41, 5.74) is 2.02. The molecule has 4 nitrogen and oxygen atoms in total. The lowest BCUT2D eigenvalue weighted by Gasteiger charge is -2.11. The quantitative estimate of drug-likeness (QED) is 0.853. The lowest BCUT2D eigenvalue weighted by molar-refractivity contribution is 0.554. The first-order chi connectivity index (χ1) is 7.36. The summed E-state index contributed by atoms with van der Waals surface area (Å²) < 4.78 is 3.81. The van der Waals surface area contributed by atoms with Crippen molar-refractivity contribution in [1.29, 1.82) is 0 Å². The first kappa shape index (κ1) is 10.2. The lowest BCUT2D eigenvalue weighted by atomic mass is 10.2. The standard InChI is InChI=1S/C10H12N4S/c1-8(10-4-2-3-5-11-10)12-6-9-7-15-14-13-9/h2-5,7-8,12H,6H2,1H3/t8-/m0/s1. The van der Waals surface area contributed by atoms with Gasteiger partial charge in [0.05, 0.1) is 11.4 Å². The second-order valence-corrected chi connectivity index (χ2v) is 3.86. The fourth-order valence-electron chi connectivity index (χ4n) is 1.26. The molecule has 0 aliphatic heterocycles. The van der Waals surface area contributed by atoms with Crippen LogP contribution in [0.5, 0.6) is 0 Å². The highest BCUT2D eigenvalue weighted by molar-refractivity contribution is 7.03. The zero-order valence-corrected chi connectivity index (χ0v) is 9.24. The minimum Gasteiger partial charge on any atom is -0.303 e. The van der Waals surface area contributed by atoms with Crippen molar-refractivity contribution in [2.24, 2.45) is 0 Å². The Bertz CT molecular complexity index is 387. The molecular formula is C10H12N4S. The molecule has 0 aliphatic carbocycles. The van der Waals surface area contributed by atoms with Gasteiger partial charge in [0.15, 0.2) is 0 Å². The molecule has 2 rings (SSSR count). The summed E-state index contributed by atoms with van der Waals surface area (Å²) in [4.78, 5) is 4.28. The molecule has 0 amide bonds. The van der Waals surface area contributed by atoms with Crippen LogP contribution in [-0.4, -0.2) is 14.6 Å². The predicted octanol–water partition coefficient (Wildman–Crippen LogP) is 1.78. The van der Waals surface area contributed by atoms with Crippen LogP contribution in [0.4, 0.5) is 0 Å². The fraction of sp³-hybridized carbons (Fsp3) is 0.300. The zero-order valence-electron chi connectivity index (χ0n) is 8.42. The molecule has 0 radical (unpaired) electrons. The third-order valence-electron chi connectivity index (χ3n) is 2.13. The van der Waals surface area contributed by atoms with E-state index < -0.39 is 0 Å². The molecule has 0 fully saturated rings. The van der Waals surface area contributed by atoms with Crippen LogP contribution in [-0.2, 0) is 6.54 Å². The molecule has 2 aromatic heterocycles. The van der Waals surface area contributed by atoms with Crippen molar-refractivity contribution in [3.05, 3.63) is 41.2 Å². The maximum absolute atomic E-state index is 4.28. The average molecular weight is 220 g/mol. The van der Waals surface area contributed by atoms with E-state index in [1.54, 1.807) is 6.20 Å². The Kier molecular flexibility index (Phi) is 3.37. The van der Waals surface area contributed by atoms with Crippen LogP contribution in [0.1, 0.15) is 24.4 Å². The Labute approximate surface area is 92.5 Å². The average Bonchev–Trinajstić information content (AvgIpc) is 2.80. The number of aromatic nitrogens is 3. The summed E-state index contributed by atoms with van der Waals surface area (Å²) in [6.45, 7) is 2.82. The Morgan fingerprint density at radius 2 is 2.40 bits per heavy atom. The highest BCUT2D eigenvalue weighted by Gasteiger charge is 2.05. The first-order valence-electron chi connectivity index (χ1n) is 4.76. The largest absolute Gasteiger partial charge is 0.303 e. The fourth-order valence-corrected chi connectivity index (χ4v) is 1.71.